The second kappa shape index (κ2) is 5.95. The zero-order valence-electron chi connectivity index (χ0n) is 11.0. The Balaban J connectivity index is 2.48. The van der Waals surface area contributed by atoms with Gasteiger partial charge in [0.25, 0.3) is 0 Å². The van der Waals surface area contributed by atoms with Crippen molar-refractivity contribution < 1.29 is 4.74 Å². The summed E-state index contributed by atoms with van der Waals surface area (Å²) in [6.07, 6.45) is 0. The van der Waals surface area contributed by atoms with E-state index in [2.05, 4.69) is 44.8 Å². The third-order valence-electron chi connectivity index (χ3n) is 3.03. The molecule has 2 rings (SSSR count). The molecule has 5 heteroatoms. The van der Waals surface area contributed by atoms with Crippen molar-refractivity contribution >= 4 is 43.2 Å². The lowest BCUT2D eigenvalue weighted by atomic mass is 10.0. The van der Waals surface area contributed by atoms with E-state index in [0.717, 1.165) is 30.0 Å². The van der Waals surface area contributed by atoms with E-state index in [1.54, 1.807) is 18.4 Å². The molecule has 0 fully saturated rings. The maximum absolute atomic E-state index is 6.38. The first-order valence-corrected chi connectivity index (χ1v) is 8.19. The van der Waals surface area contributed by atoms with E-state index >= 15 is 0 Å². The summed E-state index contributed by atoms with van der Waals surface area (Å²) in [6.45, 7) is 4.10. The predicted octanol–water partition coefficient (Wildman–Crippen LogP) is 4.95. The fourth-order valence-electron chi connectivity index (χ4n) is 1.88. The normalized spacial score (nSPS) is 12.5. The first kappa shape index (κ1) is 15.0. The molecule has 0 aliphatic heterocycles. The number of hydrogen-bond donors (Lipinski definition) is 1. The van der Waals surface area contributed by atoms with Crippen LogP contribution in [0.4, 0.5) is 0 Å². The Hall–Kier alpha value is -0.360. The summed E-state index contributed by atoms with van der Waals surface area (Å²) in [6, 6.07) is 5.99. The van der Waals surface area contributed by atoms with Crippen molar-refractivity contribution in [1.82, 2.24) is 0 Å². The lowest BCUT2D eigenvalue weighted by Gasteiger charge is -2.16. The van der Waals surface area contributed by atoms with Crippen molar-refractivity contribution in [2.24, 2.45) is 5.73 Å². The topological polar surface area (TPSA) is 35.2 Å². The van der Waals surface area contributed by atoms with Gasteiger partial charge in [-0.15, -0.1) is 11.3 Å². The molecule has 0 aliphatic rings. The van der Waals surface area contributed by atoms with Crippen LogP contribution in [0.25, 0.3) is 0 Å². The van der Waals surface area contributed by atoms with Crippen molar-refractivity contribution in [3.05, 3.63) is 48.0 Å². The summed E-state index contributed by atoms with van der Waals surface area (Å²) < 4.78 is 7.63. The number of nitrogens with two attached hydrogens (primary N) is 1. The minimum absolute atomic E-state index is 0.179. The Kier molecular flexibility index (Phi) is 4.71. The highest BCUT2D eigenvalue weighted by Gasteiger charge is 2.18. The number of aryl methyl sites for hydroxylation is 2. The van der Waals surface area contributed by atoms with Gasteiger partial charge in [-0.1, -0.05) is 15.9 Å². The molecule has 0 saturated heterocycles. The number of thiophene rings is 1. The second-order valence-corrected chi connectivity index (χ2v) is 7.68. The van der Waals surface area contributed by atoms with Crippen molar-refractivity contribution in [3.8, 4) is 5.75 Å². The molecule has 0 amide bonds. The molecule has 0 radical (unpaired) electrons. The molecule has 1 heterocycles. The van der Waals surface area contributed by atoms with E-state index < -0.39 is 0 Å². The highest BCUT2D eigenvalue weighted by molar-refractivity contribution is 9.11. The quantitative estimate of drug-likeness (QED) is 0.785. The van der Waals surface area contributed by atoms with Gasteiger partial charge in [-0.05, 0) is 59.1 Å². The molecule has 0 bridgehead atoms. The summed E-state index contributed by atoms with van der Waals surface area (Å²) in [4.78, 5) is 1.12. The van der Waals surface area contributed by atoms with Crippen LogP contribution in [0.5, 0.6) is 5.75 Å². The summed E-state index contributed by atoms with van der Waals surface area (Å²) in [5.41, 5.74) is 9.72. The third-order valence-corrected chi connectivity index (χ3v) is 6.10. The van der Waals surface area contributed by atoms with Gasteiger partial charge in [0, 0.05) is 14.9 Å². The minimum atomic E-state index is -0.179. The minimum Gasteiger partial charge on any atom is -0.496 e. The molecule has 1 unspecified atom stereocenters. The van der Waals surface area contributed by atoms with Gasteiger partial charge in [-0.3, -0.25) is 0 Å². The Bertz CT molecular complexity index is 590. The summed E-state index contributed by atoms with van der Waals surface area (Å²) in [7, 11) is 1.68. The van der Waals surface area contributed by atoms with Crippen LogP contribution in [-0.2, 0) is 0 Å². The molecule has 0 saturated carbocycles. The lowest BCUT2D eigenvalue weighted by Crippen LogP contribution is -2.12. The molecule has 102 valence electrons. The molecular formula is C14H15Br2NOS. The van der Waals surface area contributed by atoms with Crippen LogP contribution in [0.2, 0.25) is 0 Å². The molecular weight excluding hydrogens is 390 g/mol. The molecule has 2 N–H and O–H groups in total. The number of rotatable bonds is 3. The van der Waals surface area contributed by atoms with Crippen molar-refractivity contribution in [1.29, 1.82) is 0 Å². The molecule has 2 nitrogen and oxygen atoms in total. The van der Waals surface area contributed by atoms with Gasteiger partial charge in [-0.25, -0.2) is 0 Å². The second-order valence-electron chi connectivity index (χ2n) is 4.43. The zero-order valence-corrected chi connectivity index (χ0v) is 14.9. The standard InChI is InChI=1S/C14H15Br2NOS/c1-7-4-11(18-3)9(6-10(7)15)13(17)12-5-8(2)14(16)19-12/h4-6,13H,17H2,1-3H3. The van der Waals surface area contributed by atoms with Crippen LogP contribution in [0.3, 0.4) is 0 Å². The number of methoxy groups -OCH3 is 1. The maximum atomic E-state index is 6.38. The van der Waals surface area contributed by atoms with Gasteiger partial charge in [0.1, 0.15) is 5.75 Å². The number of halogens is 2. The summed E-state index contributed by atoms with van der Waals surface area (Å²) >= 11 is 8.76. The molecule has 1 atom stereocenters. The van der Waals surface area contributed by atoms with Crippen molar-refractivity contribution in [3.63, 3.8) is 0 Å². The largest absolute Gasteiger partial charge is 0.496 e. The predicted molar refractivity (Wildman–Crippen MR) is 88.2 cm³/mol. The van der Waals surface area contributed by atoms with Crippen LogP contribution in [0.1, 0.15) is 27.6 Å². The van der Waals surface area contributed by atoms with E-state index in [1.807, 2.05) is 19.1 Å². The van der Waals surface area contributed by atoms with E-state index in [9.17, 15) is 0 Å². The molecule has 19 heavy (non-hydrogen) atoms. The third kappa shape index (κ3) is 3.05. The molecule has 1 aromatic heterocycles. The van der Waals surface area contributed by atoms with Gasteiger partial charge in [0.15, 0.2) is 0 Å². The Morgan fingerprint density at radius 2 is 1.84 bits per heavy atom. The molecule has 2 aromatic rings. The fraction of sp³-hybridized carbons (Fsp3) is 0.286. The Morgan fingerprint density at radius 3 is 2.37 bits per heavy atom. The summed E-state index contributed by atoms with van der Waals surface area (Å²) in [5.74, 6) is 0.829. The van der Waals surface area contributed by atoms with Crippen LogP contribution < -0.4 is 10.5 Å². The Labute approximate surface area is 134 Å². The monoisotopic (exact) mass is 403 g/mol. The zero-order chi connectivity index (χ0) is 14.2. The van der Waals surface area contributed by atoms with Crippen LogP contribution in [0, 0.1) is 13.8 Å². The fourth-order valence-corrected chi connectivity index (χ4v) is 3.83. The first-order valence-electron chi connectivity index (χ1n) is 5.79. The number of hydrogen-bond acceptors (Lipinski definition) is 3. The molecule has 1 aromatic carbocycles. The van der Waals surface area contributed by atoms with E-state index in [1.165, 1.54) is 5.56 Å². The Morgan fingerprint density at radius 1 is 1.16 bits per heavy atom. The average Bonchev–Trinajstić information content (AvgIpc) is 2.71. The molecule has 0 aliphatic carbocycles. The van der Waals surface area contributed by atoms with Gasteiger partial charge in [0.2, 0.25) is 0 Å². The van der Waals surface area contributed by atoms with E-state index in [-0.39, 0.29) is 6.04 Å². The van der Waals surface area contributed by atoms with Crippen LogP contribution >= 0.6 is 43.2 Å². The summed E-state index contributed by atoms with van der Waals surface area (Å²) in [5, 5.41) is 0. The first-order chi connectivity index (χ1) is 8.93. The van der Waals surface area contributed by atoms with Gasteiger partial charge >= 0.3 is 0 Å². The number of benzene rings is 1. The highest BCUT2D eigenvalue weighted by Crippen LogP contribution is 2.38. The SMILES string of the molecule is COc1cc(C)c(Br)cc1C(N)c1cc(C)c(Br)s1. The van der Waals surface area contributed by atoms with Crippen LogP contribution in [0.15, 0.2) is 26.5 Å². The maximum Gasteiger partial charge on any atom is 0.124 e. The lowest BCUT2D eigenvalue weighted by molar-refractivity contribution is 0.407. The van der Waals surface area contributed by atoms with E-state index in [4.69, 9.17) is 10.5 Å². The van der Waals surface area contributed by atoms with Gasteiger partial charge < -0.3 is 10.5 Å². The van der Waals surface area contributed by atoms with E-state index in [0.29, 0.717) is 0 Å². The number of ether oxygens (including phenoxy) is 1. The van der Waals surface area contributed by atoms with Gasteiger partial charge in [-0.2, -0.15) is 0 Å². The average molecular weight is 405 g/mol. The van der Waals surface area contributed by atoms with Crippen molar-refractivity contribution in [2.45, 2.75) is 19.9 Å². The smallest absolute Gasteiger partial charge is 0.124 e. The highest BCUT2D eigenvalue weighted by atomic mass is 79.9. The van der Waals surface area contributed by atoms with Crippen molar-refractivity contribution in [2.75, 3.05) is 7.11 Å². The van der Waals surface area contributed by atoms with Crippen LogP contribution in [-0.4, -0.2) is 7.11 Å². The molecule has 0 spiro atoms. The van der Waals surface area contributed by atoms with Gasteiger partial charge in [0.05, 0.1) is 16.9 Å².